The van der Waals surface area contributed by atoms with E-state index in [2.05, 4.69) is 0 Å². The smallest absolute Gasteiger partial charge is 0.258 e. The number of nitrogens with zero attached hydrogens (tertiary/aromatic N) is 10. The van der Waals surface area contributed by atoms with Crippen LogP contribution >= 0.6 is 0 Å². The Morgan fingerprint density at radius 3 is 0.750 bits per heavy atom. The summed E-state index contributed by atoms with van der Waals surface area (Å²) in [4.78, 5) is 89.4. The normalized spacial score (nSPS) is 11.0. The van der Waals surface area contributed by atoms with E-state index in [4.69, 9.17) is 0 Å². The van der Waals surface area contributed by atoms with Gasteiger partial charge < -0.3 is 0 Å². The molecule has 0 fully saturated rings. The molecular formula is C8N10O14. The van der Waals surface area contributed by atoms with Crippen LogP contribution in [0, 0.1) is 60.7 Å². The van der Waals surface area contributed by atoms with Crippen molar-refractivity contribution in [1.82, 2.24) is 18.7 Å². The zero-order chi connectivity index (χ0) is 24.4. The van der Waals surface area contributed by atoms with Crippen LogP contribution in [0.4, 0.5) is 11.4 Å². The Balaban J connectivity index is 3.07. The lowest BCUT2D eigenvalue weighted by atomic mass is 10.2. The Bertz CT molecular complexity index is 1370. The molecule has 2 aromatic heterocycles. The Hall–Kier alpha value is -5.84. The third-order valence-electron chi connectivity index (χ3n) is 3.94. The molecule has 24 nitrogen and oxygen atoms in total. The zero-order valence-electron chi connectivity index (χ0n) is 14.2. The Morgan fingerprint density at radius 2 is 0.625 bits per heavy atom. The highest BCUT2D eigenvalue weighted by Crippen LogP contribution is 2.41. The quantitative estimate of drug-likeness (QED) is 0.281. The van der Waals surface area contributed by atoms with Gasteiger partial charge in [0.15, 0.2) is 20.1 Å². The third-order valence-corrected chi connectivity index (χ3v) is 3.94. The van der Waals surface area contributed by atoms with E-state index < -0.39 is 93.5 Å². The number of rotatable bonds is 6. The third kappa shape index (κ3) is 2.36. The fraction of sp³-hybridized carbons (Fsp3) is 0. The SMILES string of the molecule is O=c1n([N+](=O)[O-])c2c([N+](=O)[O-])c3c(c([N+](=O)[O-])c2n1[N+](=O)[O-])n([N+](=O)[O-])c(=O)n3[N+](=O)[O-]. The summed E-state index contributed by atoms with van der Waals surface area (Å²) in [5, 5.41) is 61.3. The number of nitro groups is 6. The highest BCUT2D eigenvalue weighted by Gasteiger charge is 2.48. The van der Waals surface area contributed by atoms with Gasteiger partial charge in [0.05, 0.1) is 9.85 Å². The molecule has 0 atom stereocenters. The van der Waals surface area contributed by atoms with Crippen LogP contribution in [0.15, 0.2) is 9.59 Å². The number of aromatic nitrogens is 4. The molecule has 2 heterocycles. The van der Waals surface area contributed by atoms with Crippen LogP contribution in [0.1, 0.15) is 0 Å². The largest absolute Gasteiger partial charge is 0.447 e. The van der Waals surface area contributed by atoms with E-state index in [0.29, 0.717) is 0 Å². The highest BCUT2D eigenvalue weighted by molar-refractivity contribution is 6.10. The number of benzene rings is 1. The van der Waals surface area contributed by atoms with Crippen molar-refractivity contribution in [2.24, 2.45) is 0 Å². The summed E-state index contributed by atoms with van der Waals surface area (Å²) >= 11 is 0. The van der Waals surface area contributed by atoms with E-state index in [1.165, 1.54) is 0 Å². The van der Waals surface area contributed by atoms with Crippen molar-refractivity contribution >= 4 is 33.4 Å². The van der Waals surface area contributed by atoms with Crippen molar-refractivity contribution in [3.05, 3.63) is 81.7 Å². The molecule has 32 heavy (non-hydrogen) atoms. The molecule has 0 N–H and O–H groups in total. The number of nitro benzene ring substituents is 2. The van der Waals surface area contributed by atoms with Crippen LogP contribution in [0.3, 0.4) is 0 Å². The Labute approximate surface area is 165 Å². The van der Waals surface area contributed by atoms with Gasteiger partial charge in [0, 0.05) is 18.7 Å². The average molecular weight is 460 g/mol. The minimum atomic E-state index is -2.31. The lowest BCUT2D eigenvalue weighted by Crippen LogP contribution is -2.32. The molecule has 3 rings (SSSR count). The monoisotopic (exact) mass is 460 g/mol. The Kier molecular flexibility index (Phi) is 4.13. The number of hydrogen-bond donors (Lipinski definition) is 0. The summed E-state index contributed by atoms with van der Waals surface area (Å²) in [6.07, 6.45) is 0. The van der Waals surface area contributed by atoms with Gasteiger partial charge in [-0.1, -0.05) is 0 Å². The zero-order valence-corrected chi connectivity index (χ0v) is 14.2. The van der Waals surface area contributed by atoms with Gasteiger partial charge >= 0.3 is 22.8 Å². The first kappa shape index (κ1) is 20.9. The second-order valence-electron chi connectivity index (χ2n) is 5.37. The summed E-state index contributed by atoms with van der Waals surface area (Å²) in [5.41, 5.74) is -15.8. The average Bonchev–Trinajstić information content (AvgIpc) is 3.09. The van der Waals surface area contributed by atoms with Crippen molar-refractivity contribution in [2.75, 3.05) is 0 Å². The van der Waals surface area contributed by atoms with E-state index in [9.17, 15) is 70.3 Å². The second-order valence-corrected chi connectivity index (χ2v) is 5.37. The predicted molar refractivity (Wildman–Crippen MR) is 88.8 cm³/mol. The molecule has 3 aromatic rings. The first-order valence-corrected chi connectivity index (χ1v) is 7.14. The van der Waals surface area contributed by atoms with Crippen molar-refractivity contribution in [1.29, 1.82) is 0 Å². The van der Waals surface area contributed by atoms with Gasteiger partial charge in [-0.2, -0.15) is 0 Å². The van der Waals surface area contributed by atoms with E-state index in [-0.39, 0.29) is 0 Å². The van der Waals surface area contributed by atoms with Crippen molar-refractivity contribution in [2.45, 2.75) is 0 Å². The maximum atomic E-state index is 12.2. The highest BCUT2D eigenvalue weighted by atomic mass is 16.7. The molecule has 24 heteroatoms. The lowest BCUT2D eigenvalue weighted by molar-refractivity contribution is -0.563. The van der Waals surface area contributed by atoms with Crippen molar-refractivity contribution in [3.63, 3.8) is 0 Å². The second kappa shape index (κ2) is 6.33. The van der Waals surface area contributed by atoms with Crippen LogP contribution in [0.5, 0.6) is 0 Å². The van der Waals surface area contributed by atoms with E-state index in [1.54, 1.807) is 0 Å². The van der Waals surface area contributed by atoms with Gasteiger partial charge in [-0.05, 0) is 0 Å². The van der Waals surface area contributed by atoms with Gasteiger partial charge in [0.25, 0.3) is 0 Å². The van der Waals surface area contributed by atoms with Crippen LogP contribution < -0.4 is 11.4 Å². The van der Waals surface area contributed by atoms with Gasteiger partial charge in [-0.15, -0.1) is 0 Å². The minimum absolute atomic E-state index is 0.902. The molecule has 0 aliphatic heterocycles. The fourth-order valence-corrected chi connectivity index (χ4v) is 2.99. The first-order valence-electron chi connectivity index (χ1n) is 7.14. The van der Waals surface area contributed by atoms with Crippen LogP contribution in [-0.2, 0) is 0 Å². The number of hydrogen-bond acceptors (Lipinski definition) is 14. The number of imidazole rings is 2. The molecule has 0 aliphatic rings. The predicted octanol–water partition coefficient (Wildman–Crippen LogP) is -2.11. The molecule has 0 spiro atoms. The Morgan fingerprint density at radius 1 is 0.438 bits per heavy atom. The van der Waals surface area contributed by atoms with Gasteiger partial charge in [-0.3, -0.25) is 20.2 Å². The maximum Gasteiger partial charge on any atom is 0.447 e. The number of fused-ring (bicyclic) bond motifs is 2. The molecule has 0 bridgehead atoms. The van der Waals surface area contributed by atoms with Crippen molar-refractivity contribution in [3.8, 4) is 0 Å². The van der Waals surface area contributed by atoms with Crippen molar-refractivity contribution < 1.29 is 30.0 Å². The molecule has 0 aliphatic carbocycles. The molecular weight excluding hydrogens is 460 g/mol. The molecule has 0 saturated heterocycles. The summed E-state index contributed by atoms with van der Waals surface area (Å²) in [7, 11) is 0. The molecule has 0 saturated carbocycles. The summed E-state index contributed by atoms with van der Waals surface area (Å²) < 4.78 is -3.61. The molecule has 0 amide bonds. The summed E-state index contributed by atoms with van der Waals surface area (Å²) in [5.74, 6) is 0. The topological polar surface area (TPSA) is 313 Å². The molecule has 166 valence electrons. The first-order chi connectivity index (χ1) is 14.7. The number of non-ortho nitro benzene ring substituents is 2. The van der Waals surface area contributed by atoms with Gasteiger partial charge in [0.2, 0.25) is 22.1 Å². The van der Waals surface area contributed by atoms with Gasteiger partial charge in [-0.25, -0.2) is 50.0 Å². The molecule has 1 aromatic carbocycles. The fourth-order valence-electron chi connectivity index (χ4n) is 2.99. The lowest BCUT2D eigenvalue weighted by Gasteiger charge is -2.00. The standard InChI is InChI=1S/C8N10O14/c19-7-9(15(25)26)1-2(10(7)16(27)28)6(14(23)24)4-3(5(1)13(21)22)11(17(29)30)8(20)12(4)18(31)32. The molecule has 0 radical (unpaired) electrons. The van der Waals surface area contributed by atoms with Crippen LogP contribution in [-0.4, -0.2) is 48.7 Å². The van der Waals surface area contributed by atoms with E-state index >= 15 is 0 Å². The van der Waals surface area contributed by atoms with Gasteiger partial charge in [0.1, 0.15) is 0 Å². The van der Waals surface area contributed by atoms with Crippen LogP contribution in [0.2, 0.25) is 0 Å². The summed E-state index contributed by atoms with van der Waals surface area (Å²) in [6, 6.07) is 0. The minimum Gasteiger partial charge on any atom is -0.258 e. The van der Waals surface area contributed by atoms with Crippen LogP contribution in [0.25, 0.3) is 22.1 Å². The maximum absolute atomic E-state index is 12.2. The summed E-state index contributed by atoms with van der Waals surface area (Å²) in [6.45, 7) is 0. The van der Waals surface area contributed by atoms with E-state index in [0.717, 1.165) is 0 Å². The van der Waals surface area contributed by atoms with E-state index in [1.807, 2.05) is 0 Å². The molecule has 0 unspecified atom stereocenters.